The Hall–Kier alpha value is -3.22. The van der Waals surface area contributed by atoms with E-state index in [1.165, 1.54) is 0 Å². The molecule has 1 N–H and O–H groups in total. The number of carbonyl (C=O) groups is 2. The van der Waals surface area contributed by atoms with Gasteiger partial charge in [-0.1, -0.05) is 12.1 Å². The van der Waals surface area contributed by atoms with Crippen molar-refractivity contribution in [3.63, 3.8) is 0 Å². The van der Waals surface area contributed by atoms with E-state index in [2.05, 4.69) is 15.3 Å². The van der Waals surface area contributed by atoms with Gasteiger partial charge < -0.3 is 14.6 Å². The molecule has 0 radical (unpaired) electrons. The molecule has 0 bridgehead atoms. The summed E-state index contributed by atoms with van der Waals surface area (Å²) in [6.45, 7) is 2.62. The third kappa shape index (κ3) is 4.05. The first-order chi connectivity index (χ1) is 12.7. The van der Waals surface area contributed by atoms with Crippen LogP contribution in [0, 0.1) is 0 Å². The van der Waals surface area contributed by atoms with Crippen LogP contribution in [0.2, 0.25) is 0 Å². The highest BCUT2D eigenvalue weighted by atomic mass is 16.5. The Kier molecular flexibility index (Phi) is 5.58. The van der Waals surface area contributed by atoms with Gasteiger partial charge in [0.25, 0.3) is 5.91 Å². The normalized spacial score (nSPS) is 10.7. The van der Waals surface area contributed by atoms with E-state index in [-0.39, 0.29) is 18.4 Å². The molecule has 7 heteroatoms. The van der Waals surface area contributed by atoms with Crippen LogP contribution in [0.5, 0.6) is 0 Å². The lowest BCUT2D eigenvalue weighted by Crippen LogP contribution is -2.27. The number of ether oxygens (including phenoxy) is 1. The number of nitrogens with zero attached hydrogens (tertiary/aromatic N) is 3. The lowest BCUT2D eigenvalue weighted by molar-refractivity contribution is -0.143. The summed E-state index contributed by atoms with van der Waals surface area (Å²) < 4.78 is 6.90. The molecule has 3 rings (SSSR count). The van der Waals surface area contributed by atoms with Crippen LogP contribution < -0.4 is 5.32 Å². The number of rotatable bonds is 7. The smallest absolute Gasteiger partial charge is 0.326 e. The molecule has 0 aliphatic heterocycles. The van der Waals surface area contributed by atoms with E-state index in [1.807, 2.05) is 28.8 Å². The Morgan fingerprint density at radius 2 is 1.92 bits per heavy atom. The van der Waals surface area contributed by atoms with Crippen molar-refractivity contribution in [2.45, 2.75) is 19.9 Å². The average Bonchev–Trinajstić information content (AvgIpc) is 3.00. The highest BCUT2D eigenvalue weighted by Gasteiger charge is 2.14. The summed E-state index contributed by atoms with van der Waals surface area (Å²) >= 11 is 0. The van der Waals surface area contributed by atoms with Gasteiger partial charge >= 0.3 is 5.97 Å². The van der Waals surface area contributed by atoms with Crippen molar-refractivity contribution in [2.75, 3.05) is 13.2 Å². The van der Waals surface area contributed by atoms with E-state index in [9.17, 15) is 9.59 Å². The van der Waals surface area contributed by atoms with Crippen molar-refractivity contribution in [1.29, 1.82) is 0 Å². The molecular formula is C19H20N4O3. The summed E-state index contributed by atoms with van der Waals surface area (Å²) in [4.78, 5) is 32.5. The van der Waals surface area contributed by atoms with Gasteiger partial charge in [0.15, 0.2) is 0 Å². The molecule has 0 fully saturated rings. The Morgan fingerprint density at radius 3 is 2.69 bits per heavy atom. The molecule has 0 saturated carbocycles. The van der Waals surface area contributed by atoms with Gasteiger partial charge in [-0.15, -0.1) is 0 Å². The van der Waals surface area contributed by atoms with Crippen molar-refractivity contribution in [1.82, 2.24) is 19.9 Å². The number of para-hydroxylation sites is 2. The van der Waals surface area contributed by atoms with Crippen molar-refractivity contribution >= 4 is 22.9 Å². The third-order valence-electron chi connectivity index (χ3n) is 3.90. The first-order valence-corrected chi connectivity index (χ1v) is 8.47. The molecule has 0 aliphatic rings. The second-order valence-corrected chi connectivity index (χ2v) is 5.65. The van der Waals surface area contributed by atoms with Gasteiger partial charge in [0.1, 0.15) is 12.4 Å². The van der Waals surface area contributed by atoms with Crippen molar-refractivity contribution in [2.24, 2.45) is 0 Å². The molecule has 2 heterocycles. The number of esters is 1. The minimum Gasteiger partial charge on any atom is -0.465 e. The molecule has 1 aromatic carbocycles. The third-order valence-corrected chi connectivity index (χ3v) is 3.90. The molecule has 1 amide bonds. The Balaban J connectivity index is 1.72. The minimum atomic E-state index is -0.308. The molecule has 134 valence electrons. The number of nitrogens with one attached hydrogen (secondary N) is 1. The summed E-state index contributed by atoms with van der Waals surface area (Å²) in [5.74, 6) is 0.257. The Labute approximate surface area is 151 Å². The largest absolute Gasteiger partial charge is 0.465 e. The molecule has 7 nitrogen and oxygen atoms in total. The van der Waals surface area contributed by atoms with Gasteiger partial charge in [0.2, 0.25) is 0 Å². The number of aromatic nitrogens is 3. The van der Waals surface area contributed by atoms with Gasteiger partial charge in [-0.2, -0.15) is 0 Å². The van der Waals surface area contributed by atoms with Gasteiger partial charge in [-0.25, -0.2) is 4.98 Å². The monoisotopic (exact) mass is 352 g/mol. The molecule has 26 heavy (non-hydrogen) atoms. The zero-order valence-electron chi connectivity index (χ0n) is 14.5. The van der Waals surface area contributed by atoms with Crippen LogP contribution in [0.15, 0.2) is 48.8 Å². The molecule has 0 spiro atoms. The SMILES string of the molecule is CCOC(=O)Cn1c(CCNC(=O)c2ccncc2)nc2ccccc21. The van der Waals surface area contributed by atoms with E-state index >= 15 is 0 Å². The molecular weight excluding hydrogens is 332 g/mol. The van der Waals surface area contributed by atoms with Crippen LogP contribution in [0.25, 0.3) is 11.0 Å². The standard InChI is InChI=1S/C19H20N4O3/c1-2-26-18(24)13-23-16-6-4-3-5-15(16)22-17(23)9-12-21-19(25)14-7-10-20-11-8-14/h3-8,10-11H,2,9,12-13H2,1H3,(H,21,25). The molecule has 3 aromatic rings. The van der Waals surface area contributed by atoms with Gasteiger partial charge in [-0.3, -0.25) is 14.6 Å². The number of carbonyl (C=O) groups excluding carboxylic acids is 2. The van der Waals surface area contributed by atoms with E-state index in [4.69, 9.17) is 4.74 Å². The van der Waals surface area contributed by atoms with Gasteiger partial charge in [0, 0.05) is 30.9 Å². The number of hydrogen-bond donors (Lipinski definition) is 1. The maximum atomic E-state index is 12.1. The highest BCUT2D eigenvalue weighted by molar-refractivity contribution is 5.93. The number of amides is 1. The lowest BCUT2D eigenvalue weighted by atomic mass is 10.2. The summed E-state index contributed by atoms with van der Waals surface area (Å²) in [5, 5.41) is 2.86. The van der Waals surface area contributed by atoms with Crippen molar-refractivity contribution in [3.05, 3.63) is 60.2 Å². The predicted molar refractivity (Wildman–Crippen MR) is 96.6 cm³/mol. The number of benzene rings is 1. The van der Waals surface area contributed by atoms with Crippen molar-refractivity contribution < 1.29 is 14.3 Å². The lowest BCUT2D eigenvalue weighted by Gasteiger charge is -2.09. The fourth-order valence-electron chi connectivity index (χ4n) is 2.72. The topological polar surface area (TPSA) is 86.1 Å². The summed E-state index contributed by atoms with van der Waals surface area (Å²) in [5.41, 5.74) is 2.24. The van der Waals surface area contributed by atoms with E-state index in [1.54, 1.807) is 31.5 Å². The first-order valence-electron chi connectivity index (χ1n) is 8.47. The summed E-state index contributed by atoms with van der Waals surface area (Å²) in [7, 11) is 0. The van der Waals surface area contributed by atoms with E-state index < -0.39 is 0 Å². The summed E-state index contributed by atoms with van der Waals surface area (Å²) in [6.07, 6.45) is 3.66. The second kappa shape index (κ2) is 8.24. The maximum Gasteiger partial charge on any atom is 0.326 e. The maximum absolute atomic E-state index is 12.1. The van der Waals surface area contributed by atoms with Gasteiger partial charge in [-0.05, 0) is 31.2 Å². The fraction of sp³-hybridized carbons (Fsp3) is 0.263. The molecule has 0 aliphatic carbocycles. The average molecular weight is 352 g/mol. The zero-order chi connectivity index (χ0) is 18.4. The van der Waals surface area contributed by atoms with E-state index in [0.29, 0.717) is 25.1 Å². The number of imidazole rings is 1. The van der Waals surface area contributed by atoms with Crippen LogP contribution in [0.3, 0.4) is 0 Å². The fourth-order valence-corrected chi connectivity index (χ4v) is 2.72. The summed E-state index contributed by atoms with van der Waals surface area (Å²) in [6, 6.07) is 10.9. The van der Waals surface area contributed by atoms with Crippen LogP contribution in [0.4, 0.5) is 0 Å². The number of fused-ring (bicyclic) bond motifs is 1. The van der Waals surface area contributed by atoms with Crippen LogP contribution in [-0.2, 0) is 22.5 Å². The number of hydrogen-bond acceptors (Lipinski definition) is 5. The van der Waals surface area contributed by atoms with Crippen LogP contribution in [-0.4, -0.2) is 39.6 Å². The number of pyridine rings is 1. The Bertz CT molecular complexity index is 906. The zero-order valence-corrected chi connectivity index (χ0v) is 14.5. The molecule has 0 unspecified atom stereocenters. The molecule has 0 saturated heterocycles. The van der Waals surface area contributed by atoms with Crippen molar-refractivity contribution in [3.8, 4) is 0 Å². The quantitative estimate of drug-likeness (QED) is 0.657. The predicted octanol–water partition coefficient (Wildman–Crippen LogP) is 1.97. The second-order valence-electron chi connectivity index (χ2n) is 5.65. The molecule has 2 aromatic heterocycles. The van der Waals surface area contributed by atoms with Crippen LogP contribution in [0.1, 0.15) is 23.1 Å². The van der Waals surface area contributed by atoms with Crippen LogP contribution >= 0.6 is 0 Å². The first kappa shape index (κ1) is 17.6. The van der Waals surface area contributed by atoms with Gasteiger partial charge in [0.05, 0.1) is 17.6 Å². The highest BCUT2D eigenvalue weighted by Crippen LogP contribution is 2.16. The molecule has 0 atom stereocenters. The van der Waals surface area contributed by atoms with E-state index in [0.717, 1.165) is 16.9 Å². The Morgan fingerprint density at radius 1 is 1.15 bits per heavy atom. The minimum absolute atomic E-state index is 0.0992.